The molecule has 0 bridgehead atoms. The molecule has 4 nitrogen and oxygen atoms in total. The van der Waals surface area contributed by atoms with Crippen LogP contribution in [-0.4, -0.2) is 19.1 Å². The zero-order valence-corrected chi connectivity index (χ0v) is 11.4. The first-order valence-electron chi connectivity index (χ1n) is 6.41. The number of amides is 1. The van der Waals surface area contributed by atoms with Crippen molar-refractivity contribution in [3.8, 4) is 0 Å². The van der Waals surface area contributed by atoms with Gasteiger partial charge in [-0.05, 0) is 37.0 Å². The van der Waals surface area contributed by atoms with Gasteiger partial charge in [-0.1, -0.05) is 13.8 Å². The summed E-state index contributed by atoms with van der Waals surface area (Å²) in [5.74, 6) is -0.0836. The Hall–Kier alpha value is -1.62. The maximum absolute atomic E-state index is 12.8. The number of nitrogens with one attached hydrogen (secondary N) is 1. The highest BCUT2D eigenvalue weighted by Gasteiger charge is 2.06. The molecule has 1 aromatic carbocycles. The van der Waals surface area contributed by atoms with E-state index in [9.17, 15) is 9.18 Å². The lowest BCUT2D eigenvalue weighted by molar-refractivity contribution is -0.120. The highest BCUT2D eigenvalue weighted by atomic mass is 19.1. The molecule has 0 fully saturated rings. The molecule has 5 heteroatoms. The highest BCUT2D eigenvalue weighted by Crippen LogP contribution is 2.18. The van der Waals surface area contributed by atoms with Gasteiger partial charge >= 0.3 is 0 Å². The number of benzene rings is 1. The molecule has 0 spiro atoms. The number of halogens is 1. The third-order valence-corrected chi connectivity index (χ3v) is 2.59. The van der Waals surface area contributed by atoms with Crippen molar-refractivity contribution in [1.29, 1.82) is 0 Å². The van der Waals surface area contributed by atoms with Crippen LogP contribution in [0.5, 0.6) is 0 Å². The van der Waals surface area contributed by atoms with Gasteiger partial charge in [-0.15, -0.1) is 0 Å². The van der Waals surface area contributed by atoms with Crippen LogP contribution in [0.25, 0.3) is 0 Å². The van der Waals surface area contributed by atoms with Crippen molar-refractivity contribution >= 4 is 17.3 Å². The van der Waals surface area contributed by atoms with Crippen molar-refractivity contribution < 1.29 is 13.9 Å². The number of nitrogen functional groups attached to an aromatic ring is 1. The van der Waals surface area contributed by atoms with Crippen molar-refractivity contribution in [3.63, 3.8) is 0 Å². The molecule has 3 N–H and O–H groups in total. The van der Waals surface area contributed by atoms with Crippen LogP contribution in [-0.2, 0) is 9.53 Å². The number of nitrogens with two attached hydrogens (primary N) is 1. The Labute approximate surface area is 113 Å². The van der Waals surface area contributed by atoms with Crippen molar-refractivity contribution in [3.05, 3.63) is 24.0 Å². The van der Waals surface area contributed by atoms with Crippen LogP contribution < -0.4 is 11.1 Å². The summed E-state index contributed by atoms with van der Waals surface area (Å²) in [7, 11) is 0. The Morgan fingerprint density at radius 1 is 1.47 bits per heavy atom. The van der Waals surface area contributed by atoms with Gasteiger partial charge in [0.25, 0.3) is 0 Å². The van der Waals surface area contributed by atoms with Crippen LogP contribution in [0.2, 0.25) is 0 Å². The van der Waals surface area contributed by atoms with Crippen LogP contribution in [0, 0.1) is 11.7 Å². The van der Waals surface area contributed by atoms with E-state index in [2.05, 4.69) is 19.2 Å². The molecular formula is C14H21FN2O2. The minimum atomic E-state index is -0.430. The SMILES string of the molecule is CC(C)CCCOCC(=O)Nc1ccc(F)cc1N. The highest BCUT2D eigenvalue weighted by molar-refractivity contribution is 5.94. The number of hydrogen-bond donors (Lipinski definition) is 2. The van der Waals surface area contributed by atoms with Crippen molar-refractivity contribution in [1.82, 2.24) is 0 Å². The van der Waals surface area contributed by atoms with Gasteiger partial charge < -0.3 is 15.8 Å². The molecule has 1 aromatic rings. The average Bonchev–Trinajstić information content (AvgIpc) is 2.32. The molecule has 0 radical (unpaired) electrons. The number of anilines is 2. The molecule has 1 amide bonds. The third kappa shape index (κ3) is 6.20. The van der Waals surface area contributed by atoms with Gasteiger partial charge in [0, 0.05) is 6.61 Å². The van der Waals surface area contributed by atoms with Crippen molar-refractivity contribution in [2.45, 2.75) is 26.7 Å². The molecule has 0 saturated carbocycles. The summed E-state index contributed by atoms with van der Waals surface area (Å²) in [6.07, 6.45) is 2.01. The van der Waals surface area contributed by atoms with Crippen LogP contribution in [0.4, 0.5) is 15.8 Å². The van der Waals surface area contributed by atoms with Gasteiger partial charge in [0.15, 0.2) is 0 Å². The predicted molar refractivity (Wildman–Crippen MR) is 74.3 cm³/mol. The lowest BCUT2D eigenvalue weighted by atomic mass is 10.1. The second kappa shape index (κ2) is 7.74. The zero-order chi connectivity index (χ0) is 14.3. The van der Waals surface area contributed by atoms with E-state index in [1.54, 1.807) is 0 Å². The van der Waals surface area contributed by atoms with E-state index in [0.29, 0.717) is 18.2 Å². The normalized spacial score (nSPS) is 10.7. The fourth-order valence-electron chi connectivity index (χ4n) is 1.59. The summed E-state index contributed by atoms with van der Waals surface area (Å²) in [6, 6.07) is 3.84. The Morgan fingerprint density at radius 2 is 2.21 bits per heavy atom. The van der Waals surface area contributed by atoms with E-state index in [-0.39, 0.29) is 18.2 Å². The molecule has 106 valence electrons. The summed E-state index contributed by atoms with van der Waals surface area (Å²) < 4.78 is 18.1. The molecule has 1 rings (SSSR count). The number of ether oxygens (including phenoxy) is 1. The van der Waals surface area contributed by atoms with Crippen LogP contribution in [0.1, 0.15) is 26.7 Å². The Balaban J connectivity index is 2.27. The maximum atomic E-state index is 12.8. The summed E-state index contributed by atoms with van der Waals surface area (Å²) in [6.45, 7) is 4.83. The lowest BCUT2D eigenvalue weighted by Gasteiger charge is -2.09. The largest absolute Gasteiger partial charge is 0.397 e. The van der Waals surface area contributed by atoms with E-state index in [4.69, 9.17) is 10.5 Å². The average molecular weight is 268 g/mol. The first kappa shape index (κ1) is 15.4. The van der Waals surface area contributed by atoms with Gasteiger partial charge in [-0.2, -0.15) is 0 Å². The molecule has 0 aromatic heterocycles. The van der Waals surface area contributed by atoms with Gasteiger partial charge in [-0.3, -0.25) is 4.79 Å². The topological polar surface area (TPSA) is 64.3 Å². The summed E-state index contributed by atoms with van der Waals surface area (Å²) in [5, 5.41) is 2.58. The molecule has 0 aliphatic heterocycles. The van der Waals surface area contributed by atoms with Crippen LogP contribution >= 0.6 is 0 Å². The quantitative estimate of drug-likeness (QED) is 0.590. The van der Waals surface area contributed by atoms with E-state index in [0.717, 1.165) is 12.8 Å². The second-order valence-electron chi connectivity index (χ2n) is 4.87. The molecule has 0 aliphatic rings. The number of carbonyl (C=O) groups excluding carboxylic acids is 1. The van der Waals surface area contributed by atoms with Crippen molar-refractivity contribution in [2.24, 2.45) is 5.92 Å². The molecule has 0 unspecified atom stereocenters. The van der Waals surface area contributed by atoms with Gasteiger partial charge in [-0.25, -0.2) is 4.39 Å². The van der Waals surface area contributed by atoms with Gasteiger partial charge in [0.05, 0.1) is 11.4 Å². The second-order valence-corrected chi connectivity index (χ2v) is 4.87. The minimum Gasteiger partial charge on any atom is -0.397 e. The number of rotatable bonds is 7. The zero-order valence-electron chi connectivity index (χ0n) is 11.4. The summed E-state index contributed by atoms with van der Waals surface area (Å²) in [5.41, 5.74) is 6.19. The fourth-order valence-corrected chi connectivity index (χ4v) is 1.59. The van der Waals surface area contributed by atoms with E-state index < -0.39 is 5.82 Å². The Morgan fingerprint density at radius 3 is 2.84 bits per heavy atom. The Kier molecular flexibility index (Phi) is 6.29. The number of hydrogen-bond acceptors (Lipinski definition) is 3. The Bertz CT molecular complexity index is 422. The smallest absolute Gasteiger partial charge is 0.250 e. The molecule has 0 saturated heterocycles. The first-order chi connectivity index (χ1) is 8.99. The third-order valence-electron chi connectivity index (χ3n) is 2.59. The first-order valence-corrected chi connectivity index (χ1v) is 6.41. The molecule has 0 heterocycles. The lowest BCUT2D eigenvalue weighted by Crippen LogP contribution is -2.19. The van der Waals surface area contributed by atoms with Crippen molar-refractivity contribution in [2.75, 3.05) is 24.3 Å². The minimum absolute atomic E-state index is 0.0189. The van der Waals surface area contributed by atoms with E-state index in [1.807, 2.05) is 0 Å². The molecule has 0 aliphatic carbocycles. The standard InChI is InChI=1S/C14H21FN2O2/c1-10(2)4-3-7-19-9-14(18)17-13-6-5-11(15)8-12(13)16/h5-6,8,10H,3-4,7,9,16H2,1-2H3,(H,17,18). The summed E-state index contributed by atoms with van der Waals surface area (Å²) in [4.78, 5) is 11.6. The van der Waals surface area contributed by atoms with E-state index in [1.165, 1.54) is 18.2 Å². The number of carbonyl (C=O) groups is 1. The predicted octanol–water partition coefficient (Wildman–Crippen LogP) is 2.80. The summed E-state index contributed by atoms with van der Waals surface area (Å²) >= 11 is 0. The molecule has 0 atom stereocenters. The fraction of sp³-hybridized carbons (Fsp3) is 0.500. The van der Waals surface area contributed by atoms with Gasteiger partial charge in [0.1, 0.15) is 12.4 Å². The molecular weight excluding hydrogens is 247 g/mol. The molecule has 19 heavy (non-hydrogen) atoms. The maximum Gasteiger partial charge on any atom is 0.250 e. The van der Waals surface area contributed by atoms with Gasteiger partial charge in [0.2, 0.25) is 5.91 Å². The monoisotopic (exact) mass is 268 g/mol. The van der Waals surface area contributed by atoms with Crippen LogP contribution in [0.3, 0.4) is 0 Å². The van der Waals surface area contributed by atoms with E-state index >= 15 is 0 Å². The van der Waals surface area contributed by atoms with Crippen LogP contribution in [0.15, 0.2) is 18.2 Å².